The molecule has 4 rings (SSSR count). The van der Waals surface area contributed by atoms with Gasteiger partial charge in [0.15, 0.2) is 0 Å². The lowest BCUT2D eigenvalue weighted by atomic mass is 10.1. The van der Waals surface area contributed by atoms with Crippen LogP contribution < -0.4 is 15.0 Å². The summed E-state index contributed by atoms with van der Waals surface area (Å²) in [5, 5.41) is 3.18. The maximum Gasteiger partial charge on any atom is 0.259 e. The molecule has 1 N–H and O–H groups in total. The Kier molecular flexibility index (Phi) is 11.2. The van der Waals surface area contributed by atoms with Crippen molar-refractivity contribution in [2.24, 2.45) is 0 Å². The third-order valence-electron chi connectivity index (χ3n) is 7.68. The van der Waals surface area contributed by atoms with E-state index in [0.717, 1.165) is 56.6 Å². The van der Waals surface area contributed by atoms with Crippen molar-refractivity contribution in [2.75, 3.05) is 31.1 Å². The van der Waals surface area contributed by atoms with Crippen molar-refractivity contribution in [1.82, 2.24) is 10.2 Å². The summed E-state index contributed by atoms with van der Waals surface area (Å²) in [6.45, 7) is 8.34. The van der Waals surface area contributed by atoms with Gasteiger partial charge in [0.2, 0.25) is 0 Å². The molecule has 1 aliphatic heterocycles. The van der Waals surface area contributed by atoms with Gasteiger partial charge in [0, 0.05) is 11.3 Å². The van der Waals surface area contributed by atoms with Gasteiger partial charge < -0.3 is 15.0 Å². The van der Waals surface area contributed by atoms with Crippen molar-refractivity contribution in [2.45, 2.75) is 65.0 Å². The number of nitrogens with one attached hydrogen (secondary N) is 1. The lowest BCUT2D eigenvalue weighted by molar-refractivity contribution is 0.0909. The van der Waals surface area contributed by atoms with E-state index in [0.29, 0.717) is 29.9 Å². The molecule has 1 aliphatic rings. The van der Waals surface area contributed by atoms with Crippen LogP contribution in [0.4, 0.5) is 5.69 Å². The third-order valence-corrected chi connectivity index (χ3v) is 7.68. The van der Waals surface area contributed by atoms with Gasteiger partial charge in [-0.15, -0.1) is 0 Å². The number of hydrogen-bond acceptors (Lipinski definition) is 4. The Hall–Kier alpha value is -3.64. The van der Waals surface area contributed by atoms with Crippen LogP contribution in [0.1, 0.15) is 78.7 Å². The second kappa shape index (κ2) is 15.2. The van der Waals surface area contributed by atoms with E-state index in [2.05, 4.69) is 30.1 Å². The molecule has 6 nitrogen and oxygen atoms in total. The Morgan fingerprint density at radius 2 is 1.57 bits per heavy atom. The Morgan fingerprint density at radius 3 is 2.38 bits per heavy atom. The molecule has 1 unspecified atom stereocenters. The van der Waals surface area contributed by atoms with Gasteiger partial charge in [-0.3, -0.25) is 14.5 Å². The molecule has 1 atom stereocenters. The average molecular weight is 542 g/mol. The topological polar surface area (TPSA) is 61.9 Å². The van der Waals surface area contributed by atoms with E-state index in [1.807, 2.05) is 66.7 Å². The second-order valence-corrected chi connectivity index (χ2v) is 10.3. The predicted octanol–water partition coefficient (Wildman–Crippen LogP) is 6.71. The molecule has 0 aromatic heterocycles. The van der Waals surface area contributed by atoms with Gasteiger partial charge in [-0.1, -0.05) is 75.2 Å². The van der Waals surface area contributed by atoms with Crippen LogP contribution in [0.2, 0.25) is 0 Å². The van der Waals surface area contributed by atoms with Crippen LogP contribution in [0.15, 0.2) is 78.9 Å². The number of hydrogen-bond donors (Lipinski definition) is 1. The number of fused-ring (bicyclic) bond motifs is 1. The van der Waals surface area contributed by atoms with Crippen LogP contribution in [-0.4, -0.2) is 49.1 Å². The summed E-state index contributed by atoms with van der Waals surface area (Å²) >= 11 is 0. The second-order valence-electron chi connectivity index (χ2n) is 10.3. The van der Waals surface area contributed by atoms with Crippen molar-refractivity contribution in [3.63, 3.8) is 0 Å². The van der Waals surface area contributed by atoms with Crippen LogP contribution in [0, 0.1) is 0 Å². The lowest BCUT2D eigenvalue weighted by Gasteiger charge is -2.32. The van der Waals surface area contributed by atoms with Gasteiger partial charge in [-0.05, 0) is 87.6 Å². The summed E-state index contributed by atoms with van der Waals surface area (Å²) < 4.78 is 6.09. The van der Waals surface area contributed by atoms with Crippen LogP contribution in [-0.2, 0) is 6.42 Å². The Morgan fingerprint density at radius 1 is 0.875 bits per heavy atom. The summed E-state index contributed by atoms with van der Waals surface area (Å²) in [5.74, 6) is 0.231. The molecule has 0 saturated heterocycles. The molecule has 0 bridgehead atoms. The number of carbonyl (C=O) groups is 2. The predicted molar refractivity (Wildman–Crippen MR) is 162 cm³/mol. The normalized spacial score (nSPS) is 14.9. The fraction of sp³-hybridized carbons (Fsp3) is 0.412. The Bertz CT molecular complexity index is 1230. The number of unbranched alkanes of at least 4 members (excludes halogenated alkanes) is 3. The number of ether oxygens (including phenoxy) is 1. The number of para-hydroxylation sites is 2. The fourth-order valence-electron chi connectivity index (χ4n) is 5.37. The van der Waals surface area contributed by atoms with E-state index in [1.165, 1.54) is 12.8 Å². The summed E-state index contributed by atoms with van der Waals surface area (Å²) in [7, 11) is 0. The number of aryl methyl sites for hydroxylation is 1. The van der Waals surface area contributed by atoms with E-state index in [4.69, 9.17) is 4.74 Å². The van der Waals surface area contributed by atoms with E-state index >= 15 is 0 Å². The molecule has 40 heavy (non-hydrogen) atoms. The van der Waals surface area contributed by atoms with Crippen LogP contribution in [0.5, 0.6) is 5.75 Å². The zero-order valence-corrected chi connectivity index (χ0v) is 24.0. The van der Waals surface area contributed by atoms with Gasteiger partial charge >= 0.3 is 0 Å². The first-order chi connectivity index (χ1) is 19.6. The van der Waals surface area contributed by atoms with Gasteiger partial charge in [0.05, 0.1) is 12.2 Å². The molecule has 0 saturated carbocycles. The molecule has 212 valence electrons. The summed E-state index contributed by atoms with van der Waals surface area (Å²) in [5.41, 5.74) is 3.06. The van der Waals surface area contributed by atoms with E-state index in [1.54, 1.807) is 11.0 Å². The minimum atomic E-state index is -0.470. The first kappa shape index (κ1) is 29.3. The van der Waals surface area contributed by atoms with E-state index < -0.39 is 6.17 Å². The molecular formula is C34H43N3O3. The molecule has 1 heterocycles. The molecule has 0 spiro atoms. The monoisotopic (exact) mass is 541 g/mol. The van der Waals surface area contributed by atoms with E-state index in [9.17, 15) is 9.59 Å². The molecule has 6 heteroatoms. The number of anilines is 1. The number of benzene rings is 3. The van der Waals surface area contributed by atoms with E-state index in [-0.39, 0.29) is 11.8 Å². The Balaban J connectivity index is 1.42. The summed E-state index contributed by atoms with van der Waals surface area (Å²) in [4.78, 5) is 31.6. The SMILES string of the molecule is CCN(CC)CCCCCCOc1ccccc1C(=O)NC1CCCc2ccccc2N1C(=O)c1ccccc1. The first-order valence-corrected chi connectivity index (χ1v) is 14.8. The van der Waals surface area contributed by atoms with Crippen molar-refractivity contribution in [3.05, 3.63) is 95.6 Å². The lowest BCUT2D eigenvalue weighted by Crippen LogP contribution is -2.51. The summed E-state index contributed by atoms with van der Waals surface area (Å²) in [6, 6.07) is 24.6. The zero-order valence-electron chi connectivity index (χ0n) is 24.0. The maximum absolute atomic E-state index is 13.8. The summed E-state index contributed by atoms with van der Waals surface area (Å²) in [6.07, 6.45) is 6.35. The van der Waals surface area contributed by atoms with Crippen LogP contribution in [0.3, 0.4) is 0 Å². The average Bonchev–Trinajstić information content (AvgIpc) is 3.18. The van der Waals surface area contributed by atoms with Gasteiger partial charge in [0.25, 0.3) is 11.8 Å². The van der Waals surface area contributed by atoms with Crippen molar-refractivity contribution < 1.29 is 14.3 Å². The number of nitrogens with zero attached hydrogens (tertiary/aromatic N) is 2. The first-order valence-electron chi connectivity index (χ1n) is 14.8. The molecule has 0 aliphatic carbocycles. The van der Waals surface area contributed by atoms with Crippen molar-refractivity contribution >= 4 is 17.5 Å². The van der Waals surface area contributed by atoms with Gasteiger partial charge in [-0.25, -0.2) is 0 Å². The maximum atomic E-state index is 13.8. The highest BCUT2D eigenvalue weighted by Gasteiger charge is 2.31. The van der Waals surface area contributed by atoms with Crippen molar-refractivity contribution in [3.8, 4) is 5.75 Å². The quantitative estimate of drug-likeness (QED) is 0.245. The van der Waals surface area contributed by atoms with Crippen LogP contribution in [0.25, 0.3) is 0 Å². The van der Waals surface area contributed by atoms with Gasteiger partial charge in [0.1, 0.15) is 11.9 Å². The highest BCUT2D eigenvalue weighted by molar-refractivity contribution is 6.07. The minimum Gasteiger partial charge on any atom is -0.493 e. The molecule has 2 amide bonds. The number of rotatable bonds is 13. The number of carbonyl (C=O) groups excluding carboxylic acids is 2. The largest absolute Gasteiger partial charge is 0.493 e. The molecule has 3 aromatic rings. The third kappa shape index (κ3) is 7.72. The minimum absolute atomic E-state index is 0.120. The highest BCUT2D eigenvalue weighted by atomic mass is 16.5. The van der Waals surface area contributed by atoms with Crippen LogP contribution >= 0.6 is 0 Å². The molecular weight excluding hydrogens is 498 g/mol. The van der Waals surface area contributed by atoms with Gasteiger partial charge in [-0.2, -0.15) is 0 Å². The highest BCUT2D eigenvalue weighted by Crippen LogP contribution is 2.31. The molecule has 0 fully saturated rings. The zero-order chi connectivity index (χ0) is 28.2. The standard InChI is InChI=1S/C34H43N3O3/c1-3-36(4-2)25-14-5-6-15-26-40-31-23-13-11-21-29(31)33(38)35-32-24-16-20-27-17-10-12-22-30(27)37(32)34(39)28-18-8-7-9-19-28/h7-13,17-19,21-23,32H,3-6,14-16,20,24-26H2,1-2H3,(H,35,38). The Labute approximate surface area is 239 Å². The molecule has 0 radical (unpaired) electrons. The fourth-order valence-corrected chi connectivity index (χ4v) is 5.37. The van der Waals surface area contributed by atoms with Crippen molar-refractivity contribution in [1.29, 1.82) is 0 Å². The molecule has 3 aromatic carbocycles. The number of amides is 2. The smallest absolute Gasteiger partial charge is 0.259 e.